The molecule has 1 fully saturated rings. The minimum atomic E-state index is 0.147. The molecule has 18 heavy (non-hydrogen) atoms. The minimum absolute atomic E-state index is 0.147. The van der Waals surface area contributed by atoms with Gasteiger partial charge in [0, 0.05) is 10.5 Å². The van der Waals surface area contributed by atoms with Gasteiger partial charge in [-0.1, -0.05) is 59.8 Å². The number of carbonyl (C=O) groups is 1. The van der Waals surface area contributed by atoms with Crippen LogP contribution in [0.2, 0.25) is 0 Å². The lowest BCUT2D eigenvalue weighted by Crippen LogP contribution is -2.35. The second-order valence-corrected chi connectivity index (χ2v) is 5.88. The van der Waals surface area contributed by atoms with Gasteiger partial charge in [-0.05, 0) is 24.5 Å². The molecule has 98 valence electrons. The molecule has 0 aromatic heterocycles. The van der Waals surface area contributed by atoms with Crippen molar-refractivity contribution in [2.75, 3.05) is 0 Å². The zero-order chi connectivity index (χ0) is 12.8. The predicted molar refractivity (Wildman–Crippen MR) is 77.5 cm³/mol. The summed E-state index contributed by atoms with van der Waals surface area (Å²) in [4.78, 5) is 12.0. The van der Waals surface area contributed by atoms with Crippen molar-refractivity contribution in [1.29, 1.82) is 0 Å². The van der Waals surface area contributed by atoms with E-state index in [0.29, 0.717) is 12.5 Å². The van der Waals surface area contributed by atoms with E-state index in [-0.39, 0.29) is 5.91 Å². The Bertz CT molecular complexity index is 397. The highest BCUT2D eigenvalue weighted by Gasteiger charge is 2.15. The number of benzene rings is 1. The van der Waals surface area contributed by atoms with Gasteiger partial charge in [-0.2, -0.15) is 0 Å². The number of carbonyl (C=O) groups excluding carboxylic acids is 1. The molecule has 1 amide bonds. The highest BCUT2D eigenvalue weighted by Crippen LogP contribution is 2.19. The van der Waals surface area contributed by atoms with Crippen molar-refractivity contribution >= 4 is 21.8 Å². The van der Waals surface area contributed by atoms with Gasteiger partial charge in [-0.25, -0.2) is 0 Å². The first-order chi connectivity index (χ1) is 8.75. The largest absolute Gasteiger partial charge is 0.353 e. The monoisotopic (exact) mass is 309 g/mol. The summed E-state index contributed by atoms with van der Waals surface area (Å²) in [5, 5.41) is 3.17. The molecule has 0 heterocycles. The highest BCUT2D eigenvalue weighted by molar-refractivity contribution is 9.10. The molecule has 2 rings (SSSR count). The molecule has 1 N–H and O–H groups in total. The van der Waals surface area contributed by atoms with Crippen LogP contribution in [0.3, 0.4) is 0 Å². The maximum Gasteiger partial charge on any atom is 0.224 e. The first kappa shape index (κ1) is 13.6. The topological polar surface area (TPSA) is 29.1 Å². The molecule has 0 radical (unpaired) electrons. The molecule has 1 aliphatic rings. The third kappa shape index (κ3) is 4.13. The summed E-state index contributed by atoms with van der Waals surface area (Å²) < 4.78 is 1.01. The Morgan fingerprint density at radius 2 is 1.83 bits per heavy atom. The van der Waals surface area contributed by atoms with Crippen LogP contribution in [-0.2, 0) is 11.2 Å². The maximum atomic E-state index is 12.0. The van der Waals surface area contributed by atoms with E-state index < -0.39 is 0 Å². The van der Waals surface area contributed by atoms with Gasteiger partial charge in [0.05, 0.1) is 6.42 Å². The zero-order valence-corrected chi connectivity index (χ0v) is 12.2. The summed E-state index contributed by atoms with van der Waals surface area (Å²) in [6, 6.07) is 8.31. The second kappa shape index (κ2) is 6.93. The fraction of sp³-hybridized carbons (Fsp3) is 0.533. The molecule has 2 nitrogen and oxygen atoms in total. The minimum Gasteiger partial charge on any atom is -0.353 e. The Balaban J connectivity index is 1.86. The van der Waals surface area contributed by atoms with Crippen molar-refractivity contribution < 1.29 is 4.79 Å². The first-order valence-electron chi connectivity index (χ1n) is 6.78. The summed E-state index contributed by atoms with van der Waals surface area (Å²) in [6.07, 6.45) is 7.88. The van der Waals surface area contributed by atoms with Gasteiger partial charge >= 0.3 is 0 Å². The lowest BCUT2D eigenvalue weighted by atomic mass is 10.1. The molecule has 0 bridgehead atoms. The summed E-state index contributed by atoms with van der Waals surface area (Å²) in [7, 11) is 0. The lowest BCUT2D eigenvalue weighted by Gasteiger charge is -2.16. The van der Waals surface area contributed by atoms with E-state index in [4.69, 9.17) is 0 Å². The second-order valence-electron chi connectivity index (χ2n) is 5.02. The van der Waals surface area contributed by atoms with Gasteiger partial charge in [-0.3, -0.25) is 4.79 Å². The molecule has 0 saturated heterocycles. The van der Waals surface area contributed by atoms with E-state index in [1.54, 1.807) is 0 Å². The number of halogens is 1. The maximum absolute atomic E-state index is 12.0. The average molecular weight is 310 g/mol. The summed E-state index contributed by atoms with van der Waals surface area (Å²) in [5.41, 5.74) is 1.06. The van der Waals surface area contributed by atoms with E-state index in [9.17, 15) is 4.79 Å². The van der Waals surface area contributed by atoms with Gasteiger partial charge in [0.15, 0.2) is 0 Å². The standard InChI is InChI=1S/C15H20BrNO/c16-14-10-6-5-7-12(14)11-15(18)17-13-8-3-1-2-4-9-13/h5-7,10,13H,1-4,8-9,11H2,(H,17,18). The van der Waals surface area contributed by atoms with Crippen molar-refractivity contribution in [2.45, 2.75) is 51.0 Å². The normalized spacial score (nSPS) is 17.2. The number of hydrogen-bond acceptors (Lipinski definition) is 1. The van der Waals surface area contributed by atoms with Crippen molar-refractivity contribution in [3.8, 4) is 0 Å². The van der Waals surface area contributed by atoms with E-state index in [2.05, 4.69) is 21.2 Å². The fourth-order valence-electron chi connectivity index (χ4n) is 2.52. The SMILES string of the molecule is O=C(Cc1ccccc1Br)NC1CCCCCC1. The first-order valence-corrected chi connectivity index (χ1v) is 7.58. The lowest BCUT2D eigenvalue weighted by molar-refractivity contribution is -0.121. The van der Waals surface area contributed by atoms with Gasteiger partial charge in [0.2, 0.25) is 5.91 Å². The molecule has 1 aromatic rings. The number of rotatable bonds is 3. The van der Waals surface area contributed by atoms with E-state index in [0.717, 1.165) is 22.9 Å². The molecule has 1 saturated carbocycles. The smallest absolute Gasteiger partial charge is 0.224 e. The predicted octanol–water partition coefficient (Wildman–Crippen LogP) is 3.83. The third-order valence-corrected chi connectivity index (χ3v) is 4.30. The average Bonchev–Trinajstić information content (AvgIpc) is 2.61. The summed E-state index contributed by atoms with van der Waals surface area (Å²) >= 11 is 3.48. The molecule has 0 spiro atoms. The van der Waals surface area contributed by atoms with Crippen LogP contribution in [0.4, 0.5) is 0 Å². The highest BCUT2D eigenvalue weighted by atomic mass is 79.9. The van der Waals surface area contributed by atoms with E-state index >= 15 is 0 Å². The Morgan fingerprint density at radius 3 is 2.50 bits per heavy atom. The number of amides is 1. The number of nitrogens with one attached hydrogen (secondary N) is 1. The third-order valence-electron chi connectivity index (χ3n) is 3.53. The Morgan fingerprint density at radius 1 is 1.17 bits per heavy atom. The van der Waals surface area contributed by atoms with Crippen LogP contribution >= 0.6 is 15.9 Å². The van der Waals surface area contributed by atoms with Gasteiger partial charge in [-0.15, -0.1) is 0 Å². The summed E-state index contributed by atoms with van der Waals surface area (Å²) in [6.45, 7) is 0. The quantitative estimate of drug-likeness (QED) is 0.845. The molecular weight excluding hydrogens is 290 g/mol. The summed E-state index contributed by atoms with van der Waals surface area (Å²) in [5.74, 6) is 0.147. The van der Waals surface area contributed by atoms with Crippen LogP contribution in [0.25, 0.3) is 0 Å². The molecular formula is C15H20BrNO. The van der Waals surface area contributed by atoms with E-state index in [1.165, 1.54) is 25.7 Å². The van der Waals surface area contributed by atoms with Crippen LogP contribution < -0.4 is 5.32 Å². The molecule has 0 unspecified atom stereocenters. The van der Waals surface area contributed by atoms with Crippen molar-refractivity contribution in [3.63, 3.8) is 0 Å². The fourth-order valence-corrected chi connectivity index (χ4v) is 2.94. The Labute approximate surface area is 117 Å². The molecule has 1 aliphatic carbocycles. The Kier molecular flexibility index (Phi) is 5.24. The van der Waals surface area contributed by atoms with Gasteiger partial charge in [0.1, 0.15) is 0 Å². The van der Waals surface area contributed by atoms with Crippen molar-refractivity contribution in [2.24, 2.45) is 0 Å². The zero-order valence-electron chi connectivity index (χ0n) is 10.6. The van der Waals surface area contributed by atoms with Crippen LogP contribution in [0.5, 0.6) is 0 Å². The molecule has 1 aromatic carbocycles. The van der Waals surface area contributed by atoms with E-state index in [1.807, 2.05) is 24.3 Å². The van der Waals surface area contributed by atoms with Crippen LogP contribution in [0.1, 0.15) is 44.1 Å². The molecule has 3 heteroatoms. The Hall–Kier alpha value is -0.830. The van der Waals surface area contributed by atoms with Crippen LogP contribution in [0, 0.1) is 0 Å². The van der Waals surface area contributed by atoms with Crippen LogP contribution in [0.15, 0.2) is 28.7 Å². The van der Waals surface area contributed by atoms with Crippen molar-refractivity contribution in [1.82, 2.24) is 5.32 Å². The molecule has 0 aliphatic heterocycles. The van der Waals surface area contributed by atoms with Crippen molar-refractivity contribution in [3.05, 3.63) is 34.3 Å². The van der Waals surface area contributed by atoms with Crippen LogP contribution in [-0.4, -0.2) is 11.9 Å². The van der Waals surface area contributed by atoms with Gasteiger partial charge < -0.3 is 5.32 Å². The van der Waals surface area contributed by atoms with Gasteiger partial charge in [0.25, 0.3) is 0 Å². The molecule has 0 atom stereocenters. The number of hydrogen-bond donors (Lipinski definition) is 1.